The van der Waals surface area contributed by atoms with Crippen molar-refractivity contribution in [1.82, 2.24) is 4.98 Å². The summed E-state index contributed by atoms with van der Waals surface area (Å²) in [5.74, 6) is 1.56. The van der Waals surface area contributed by atoms with Gasteiger partial charge in [0.1, 0.15) is 11.6 Å². The largest absolute Gasteiger partial charge is 0.370 e. The van der Waals surface area contributed by atoms with Crippen LogP contribution in [0.25, 0.3) is 0 Å². The Labute approximate surface area is 117 Å². The first-order chi connectivity index (χ1) is 9.28. The fraction of sp³-hybridized carbons (Fsp3) is 0.267. The van der Waals surface area contributed by atoms with Gasteiger partial charge in [-0.2, -0.15) is 0 Å². The highest BCUT2D eigenvalue weighted by Gasteiger charge is 1.98. The summed E-state index contributed by atoms with van der Waals surface area (Å²) in [6.07, 6.45) is 2.97. The molecule has 0 unspecified atom stereocenters. The molecule has 2 aromatic rings. The number of nitrogens with zero attached hydrogens (tertiary/aromatic N) is 1. The van der Waals surface area contributed by atoms with Crippen molar-refractivity contribution in [2.24, 2.45) is 0 Å². The predicted molar refractivity (Wildman–Crippen MR) is 79.0 cm³/mol. The molecule has 0 aliphatic carbocycles. The van der Waals surface area contributed by atoms with Gasteiger partial charge in [0.25, 0.3) is 0 Å². The molecule has 19 heavy (non-hydrogen) atoms. The number of aromatic nitrogens is 1. The van der Waals surface area contributed by atoms with Crippen LogP contribution in [0.15, 0.2) is 47.5 Å². The summed E-state index contributed by atoms with van der Waals surface area (Å²) in [5, 5.41) is 3.24. The summed E-state index contributed by atoms with van der Waals surface area (Å²) < 4.78 is 12.8. The first kappa shape index (κ1) is 13.9. The number of hydrogen-bond donors (Lipinski definition) is 1. The van der Waals surface area contributed by atoms with Crippen LogP contribution < -0.4 is 5.32 Å². The Morgan fingerprint density at radius 2 is 1.95 bits per heavy atom. The highest BCUT2D eigenvalue weighted by molar-refractivity contribution is 7.98. The minimum Gasteiger partial charge on any atom is -0.370 e. The highest BCUT2D eigenvalue weighted by Crippen LogP contribution is 2.22. The highest BCUT2D eigenvalue weighted by atomic mass is 32.2. The molecule has 0 saturated carbocycles. The molecule has 0 atom stereocenters. The summed E-state index contributed by atoms with van der Waals surface area (Å²) in [6, 6.07) is 10.6. The number of benzene rings is 1. The van der Waals surface area contributed by atoms with Crippen LogP contribution in [0.2, 0.25) is 0 Å². The van der Waals surface area contributed by atoms with E-state index >= 15 is 0 Å². The van der Waals surface area contributed by atoms with Gasteiger partial charge in [0, 0.05) is 23.4 Å². The Bertz CT molecular complexity index is 497. The van der Waals surface area contributed by atoms with E-state index in [1.165, 1.54) is 12.1 Å². The lowest BCUT2D eigenvalue weighted by atomic mass is 10.3. The van der Waals surface area contributed by atoms with Crippen LogP contribution in [0.1, 0.15) is 18.9 Å². The van der Waals surface area contributed by atoms with Gasteiger partial charge >= 0.3 is 0 Å². The Balaban J connectivity index is 1.87. The third-order valence-corrected chi connectivity index (χ3v) is 3.68. The van der Waals surface area contributed by atoms with E-state index in [0.717, 1.165) is 35.0 Å². The summed E-state index contributed by atoms with van der Waals surface area (Å²) in [4.78, 5) is 5.42. The summed E-state index contributed by atoms with van der Waals surface area (Å²) >= 11 is 1.68. The van der Waals surface area contributed by atoms with Gasteiger partial charge in [0.05, 0.1) is 0 Å². The molecule has 4 heteroatoms. The summed E-state index contributed by atoms with van der Waals surface area (Å²) in [7, 11) is 0. The molecule has 0 bridgehead atoms. The van der Waals surface area contributed by atoms with Gasteiger partial charge < -0.3 is 5.32 Å². The smallest absolute Gasteiger partial charge is 0.125 e. The quantitative estimate of drug-likeness (QED) is 0.795. The maximum absolute atomic E-state index is 12.8. The van der Waals surface area contributed by atoms with Gasteiger partial charge in [0.15, 0.2) is 0 Å². The number of hydrogen-bond acceptors (Lipinski definition) is 3. The third kappa shape index (κ3) is 4.56. The zero-order valence-corrected chi connectivity index (χ0v) is 11.7. The Morgan fingerprint density at radius 1 is 1.16 bits per heavy atom. The number of nitrogens with one attached hydrogen (secondary N) is 1. The van der Waals surface area contributed by atoms with Crippen LogP contribution in [0.3, 0.4) is 0 Å². The molecule has 1 aromatic carbocycles. The van der Waals surface area contributed by atoms with Crippen LogP contribution in [0.4, 0.5) is 10.2 Å². The number of rotatable bonds is 6. The molecule has 1 heterocycles. The second kappa shape index (κ2) is 7.14. The van der Waals surface area contributed by atoms with E-state index in [4.69, 9.17) is 0 Å². The molecule has 2 rings (SSSR count). The molecule has 2 nitrogen and oxygen atoms in total. The Morgan fingerprint density at radius 3 is 2.58 bits per heavy atom. The Hall–Kier alpha value is -1.55. The number of thioether (sulfide) groups is 1. The number of anilines is 1. The number of halogens is 1. The zero-order chi connectivity index (χ0) is 13.5. The van der Waals surface area contributed by atoms with Crippen molar-refractivity contribution in [3.05, 3.63) is 54.0 Å². The predicted octanol–water partition coefficient (Wildman–Crippen LogP) is 4.33. The van der Waals surface area contributed by atoms with E-state index in [-0.39, 0.29) is 5.82 Å². The monoisotopic (exact) mass is 276 g/mol. The van der Waals surface area contributed by atoms with Gasteiger partial charge in [-0.25, -0.2) is 9.37 Å². The minimum atomic E-state index is -0.197. The van der Waals surface area contributed by atoms with Crippen molar-refractivity contribution in [2.75, 3.05) is 11.9 Å². The first-order valence-corrected chi connectivity index (χ1v) is 7.33. The zero-order valence-electron chi connectivity index (χ0n) is 10.9. The molecule has 0 spiro atoms. The van der Waals surface area contributed by atoms with Gasteiger partial charge in [-0.15, -0.1) is 11.8 Å². The summed E-state index contributed by atoms with van der Waals surface area (Å²) in [6.45, 7) is 3.07. The van der Waals surface area contributed by atoms with E-state index in [1.54, 1.807) is 23.9 Å². The lowest BCUT2D eigenvalue weighted by Crippen LogP contribution is -2.01. The molecule has 0 saturated heterocycles. The van der Waals surface area contributed by atoms with E-state index in [2.05, 4.69) is 23.3 Å². The maximum atomic E-state index is 12.8. The SMILES string of the molecule is CCCNc1ccc(CSc2ccc(F)cc2)cn1. The molecular weight excluding hydrogens is 259 g/mol. The molecule has 0 aliphatic heterocycles. The van der Waals surface area contributed by atoms with Crippen molar-refractivity contribution in [2.45, 2.75) is 24.0 Å². The van der Waals surface area contributed by atoms with Gasteiger partial charge in [-0.1, -0.05) is 13.0 Å². The molecule has 100 valence electrons. The average Bonchev–Trinajstić information content (AvgIpc) is 2.46. The lowest BCUT2D eigenvalue weighted by molar-refractivity contribution is 0.626. The van der Waals surface area contributed by atoms with Gasteiger partial charge in [0.2, 0.25) is 0 Å². The molecular formula is C15H17FN2S. The molecule has 0 amide bonds. The van der Waals surface area contributed by atoms with Crippen molar-refractivity contribution < 1.29 is 4.39 Å². The van der Waals surface area contributed by atoms with E-state index < -0.39 is 0 Å². The Kier molecular flexibility index (Phi) is 5.21. The van der Waals surface area contributed by atoms with Crippen molar-refractivity contribution in [3.8, 4) is 0 Å². The molecule has 1 N–H and O–H groups in total. The third-order valence-electron chi connectivity index (χ3n) is 2.60. The first-order valence-electron chi connectivity index (χ1n) is 6.35. The van der Waals surface area contributed by atoms with Gasteiger partial charge in [-0.05, 0) is 42.3 Å². The van der Waals surface area contributed by atoms with Crippen molar-refractivity contribution >= 4 is 17.6 Å². The second-order valence-electron chi connectivity index (χ2n) is 4.22. The van der Waals surface area contributed by atoms with Crippen LogP contribution in [-0.4, -0.2) is 11.5 Å². The fourth-order valence-corrected chi connectivity index (χ4v) is 2.40. The van der Waals surface area contributed by atoms with Crippen LogP contribution >= 0.6 is 11.8 Å². The lowest BCUT2D eigenvalue weighted by Gasteiger charge is -2.05. The molecule has 0 fully saturated rings. The summed E-state index contributed by atoms with van der Waals surface area (Å²) in [5.41, 5.74) is 1.16. The van der Waals surface area contributed by atoms with Crippen molar-refractivity contribution in [3.63, 3.8) is 0 Å². The van der Waals surface area contributed by atoms with Crippen LogP contribution in [-0.2, 0) is 5.75 Å². The van der Waals surface area contributed by atoms with Crippen LogP contribution in [0, 0.1) is 5.82 Å². The number of pyridine rings is 1. The topological polar surface area (TPSA) is 24.9 Å². The van der Waals surface area contributed by atoms with Crippen molar-refractivity contribution in [1.29, 1.82) is 0 Å². The fourth-order valence-electron chi connectivity index (χ4n) is 1.57. The average molecular weight is 276 g/mol. The molecule has 0 radical (unpaired) electrons. The van der Waals surface area contributed by atoms with E-state index in [9.17, 15) is 4.39 Å². The van der Waals surface area contributed by atoms with E-state index in [1.807, 2.05) is 12.3 Å². The normalized spacial score (nSPS) is 10.4. The molecule has 0 aliphatic rings. The van der Waals surface area contributed by atoms with Crippen LogP contribution in [0.5, 0.6) is 0 Å². The second-order valence-corrected chi connectivity index (χ2v) is 5.27. The van der Waals surface area contributed by atoms with Gasteiger partial charge in [-0.3, -0.25) is 0 Å². The maximum Gasteiger partial charge on any atom is 0.125 e. The standard InChI is InChI=1S/C15H17FN2S/c1-2-9-17-15-8-3-12(10-18-15)11-19-14-6-4-13(16)5-7-14/h3-8,10H,2,9,11H2,1H3,(H,17,18). The minimum absolute atomic E-state index is 0.197. The molecule has 1 aromatic heterocycles. The van der Waals surface area contributed by atoms with E-state index in [0.29, 0.717) is 0 Å².